The number of primary amides is 1. The Morgan fingerprint density at radius 3 is 2.65 bits per heavy atom. The number of carbonyl (C=O) groups excluding carboxylic acids is 1. The molecule has 5 nitrogen and oxygen atoms in total. The van der Waals surface area contributed by atoms with Crippen molar-refractivity contribution < 1.29 is 9.53 Å². The van der Waals surface area contributed by atoms with Crippen molar-refractivity contribution in [2.45, 2.75) is 31.7 Å². The lowest BCUT2D eigenvalue weighted by Gasteiger charge is -2.27. The van der Waals surface area contributed by atoms with Crippen LogP contribution in [-0.4, -0.2) is 36.5 Å². The second-order valence-corrected chi connectivity index (χ2v) is 5.26. The second-order valence-electron chi connectivity index (χ2n) is 5.26. The first-order valence-electron chi connectivity index (χ1n) is 7.16. The number of hydrogen-bond donors (Lipinski definition) is 2. The van der Waals surface area contributed by atoms with E-state index in [1.54, 1.807) is 0 Å². The van der Waals surface area contributed by atoms with Crippen LogP contribution in [0, 0.1) is 0 Å². The van der Waals surface area contributed by atoms with Gasteiger partial charge in [0.25, 0.3) is 0 Å². The van der Waals surface area contributed by atoms with Crippen molar-refractivity contribution in [2.75, 3.05) is 25.4 Å². The Bertz CT molecular complexity index is 444. The van der Waals surface area contributed by atoms with Crippen LogP contribution in [0.25, 0.3) is 0 Å². The number of para-hydroxylation sites is 2. The average molecular weight is 277 g/mol. The number of amides is 1. The van der Waals surface area contributed by atoms with Crippen molar-refractivity contribution in [3.8, 4) is 5.75 Å². The van der Waals surface area contributed by atoms with Crippen LogP contribution in [0.1, 0.15) is 25.7 Å². The van der Waals surface area contributed by atoms with Crippen LogP contribution in [0.4, 0.5) is 5.69 Å². The predicted octanol–water partition coefficient (Wildman–Crippen LogP) is 1.38. The van der Waals surface area contributed by atoms with Crippen molar-refractivity contribution >= 4 is 11.6 Å². The molecule has 0 atom stereocenters. The molecule has 1 aliphatic rings. The Labute approximate surface area is 119 Å². The number of hydrogen-bond acceptors (Lipinski definition) is 4. The molecule has 0 heterocycles. The van der Waals surface area contributed by atoms with Gasteiger partial charge in [0.2, 0.25) is 5.91 Å². The fourth-order valence-corrected chi connectivity index (χ4v) is 2.75. The third-order valence-corrected chi connectivity index (χ3v) is 3.76. The van der Waals surface area contributed by atoms with E-state index in [1.807, 2.05) is 24.3 Å². The van der Waals surface area contributed by atoms with Gasteiger partial charge in [-0.25, -0.2) is 0 Å². The molecular formula is C15H23N3O2. The van der Waals surface area contributed by atoms with Crippen molar-refractivity contribution in [3.05, 3.63) is 24.3 Å². The van der Waals surface area contributed by atoms with E-state index >= 15 is 0 Å². The summed E-state index contributed by atoms with van der Waals surface area (Å²) in [6, 6.07) is 7.89. The number of anilines is 1. The number of ether oxygens (including phenoxy) is 1. The molecule has 110 valence electrons. The highest BCUT2D eigenvalue weighted by Crippen LogP contribution is 2.23. The SMILES string of the molecule is NC(=O)CN(CCOc1ccccc1N)C1CCCC1. The highest BCUT2D eigenvalue weighted by Gasteiger charge is 2.23. The Balaban J connectivity index is 1.85. The maximum absolute atomic E-state index is 11.2. The number of nitrogens with two attached hydrogens (primary N) is 2. The summed E-state index contributed by atoms with van der Waals surface area (Å²) >= 11 is 0. The van der Waals surface area contributed by atoms with E-state index < -0.39 is 0 Å². The molecule has 5 heteroatoms. The highest BCUT2D eigenvalue weighted by molar-refractivity contribution is 5.75. The third kappa shape index (κ3) is 4.13. The lowest BCUT2D eigenvalue weighted by Crippen LogP contribution is -2.42. The fraction of sp³-hybridized carbons (Fsp3) is 0.533. The topological polar surface area (TPSA) is 81.6 Å². The van der Waals surface area contributed by atoms with Gasteiger partial charge < -0.3 is 16.2 Å². The van der Waals surface area contributed by atoms with Crippen LogP contribution in [0.3, 0.4) is 0 Å². The molecule has 4 N–H and O–H groups in total. The molecule has 0 unspecified atom stereocenters. The maximum atomic E-state index is 11.2. The molecule has 1 aromatic rings. The largest absolute Gasteiger partial charge is 0.490 e. The number of carbonyl (C=O) groups is 1. The van der Waals surface area contributed by atoms with E-state index in [9.17, 15) is 4.79 Å². The van der Waals surface area contributed by atoms with Crippen LogP contribution in [0.15, 0.2) is 24.3 Å². The minimum absolute atomic E-state index is 0.281. The third-order valence-electron chi connectivity index (χ3n) is 3.76. The van der Waals surface area contributed by atoms with Crippen molar-refractivity contribution in [1.29, 1.82) is 0 Å². The normalized spacial score (nSPS) is 15.7. The molecule has 0 spiro atoms. The van der Waals surface area contributed by atoms with Gasteiger partial charge in [0.15, 0.2) is 0 Å². The van der Waals surface area contributed by atoms with Gasteiger partial charge in [-0.2, -0.15) is 0 Å². The van der Waals surface area contributed by atoms with E-state index in [1.165, 1.54) is 12.8 Å². The molecule has 1 amide bonds. The summed E-state index contributed by atoms with van der Waals surface area (Å²) in [5, 5.41) is 0. The first kappa shape index (κ1) is 14.7. The van der Waals surface area contributed by atoms with Gasteiger partial charge >= 0.3 is 0 Å². The zero-order valence-corrected chi connectivity index (χ0v) is 11.8. The minimum Gasteiger partial charge on any atom is -0.490 e. The predicted molar refractivity (Wildman–Crippen MR) is 79.4 cm³/mol. The zero-order valence-electron chi connectivity index (χ0n) is 11.8. The molecule has 0 aliphatic heterocycles. The smallest absolute Gasteiger partial charge is 0.231 e. The van der Waals surface area contributed by atoms with Crippen molar-refractivity contribution in [3.63, 3.8) is 0 Å². The van der Waals surface area contributed by atoms with Crippen LogP contribution in [0.5, 0.6) is 5.75 Å². The summed E-state index contributed by atoms with van der Waals surface area (Å²) in [6.45, 7) is 1.51. The van der Waals surface area contributed by atoms with E-state index in [2.05, 4.69) is 4.90 Å². The Kier molecular flexibility index (Phi) is 5.24. The number of nitrogen functional groups attached to an aromatic ring is 1. The van der Waals surface area contributed by atoms with Gasteiger partial charge in [-0.1, -0.05) is 25.0 Å². The van der Waals surface area contributed by atoms with Crippen LogP contribution in [-0.2, 0) is 4.79 Å². The van der Waals surface area contributed by atoms with E-state index in [0.29, 0.717) is 37.2 Å². The molecule has 1 fully saturated rings. The van der Waals surface area contributed by atoms with Gasteiger partial charge in [-0.05, 0) is 25.0 Å². The molecule has 1 aliphatic carbocycles. The Morgan fingerprint density at radius 1 is 1.30 bits per heavy atom. The van der Waals surface area contributed by atoms with Gasteiger partial charge in [0.1, 0.15) is 12.4 Å². The monoisotopic (exact) mass is 277 g/mol. The maximum Gasteiger partial charge on any atom is 0.231 e. The van der Waals surface area contributed by atoms with Crippen LogP contribution >= 0.6 is 0 Å². The first-order valence-corrected chi connectivity index (χ1v) is 7.16. The molecular weight excluding hydrogens is 254 g/mol. The van der Waals surface area contributed by atoms with E-state index in [4.69, 9.17) is 16.2 Å². The summed E-state index contributed by atoms with van der Waals surface area (Å²) in [7, 11) is 0. The quantitative estimate of drug-likeness (QED) is 0.738. The fourth-order valence-electron chi connectivity index (χ4n) is 2.75. The highest BCUT2D eigenvalue weighted by atomic mass is 16.5. The molecule has 2 rings (SSSR count). The molecule has 0 radical (unpaired) electrons. The molecule has 1 saturated carbocycles. The summed E-state index contributed by atoms with van der Waals surface area (Å²) in [6.07, 6.45) is 4.74. The van der Waals surface area contributed by atoms with E-state index in [-0.39, 0.29) is 5.91 Å². The van der Waals surface area contributed by atoms with Gasteiger partial charge in [0.05, 0.1) is 12.2 Å². The molecule has 1 aromatic carbocycles. The average Bonchev–Trinajstić information content (AvgIpc) is 2.93. The second kappa shape index (κ2) is 7.14. The Hall–Kier alpha value is -1.75. The van der Waals surface area contributed by atoms with Gasteiger partial charge in [-0.15, -0.1) is 0 Å². The van der Waals surface area contributed by atoms with Crippen molar-refractivity contribution in [2.24, 2.45) is 5.73 Å². The lowest BCUT2D eigenvalue weighted by molar-refractivity contribution is -0.119. The molecule has 20 heavy (non-hydrogen) atoms. The number of nitrogens with zero attached hydrogens (tertiary/aromatic N) is 1. The molecule has 0 bridgehead atoms. The molecule has 0 saturated heterocycles. The Morgan fingerprint density at radius 2 is 2.00 bits per heavy atom. The summed E-state index contributed by atoms with van der Waals surface area (Å²) < 4.78 is 5.69. The summed E-state index contributed by atoms with van der Waals surface area (Å²) in [4.78, 5) is 13.3. The zero-order chi connectivity index (χ0) is 14.4. The van der Waals surface area contributed by atoms with E-state index in [0.717, 1.165) is 12.8 Å². The van der Waals surface area contributed by atoms with Crippen LogP contribution in [0.2, 0.25) is 0 Å². The summed E-state index contributed by atoms with van der Waals surface area (Å²) in [5.74, 6) is 0.411. The minimum atomic E-state index is -0.281. The van der Waals surface area contributed by atoms with Crippen LogP contribution < -0.4 is 16.2 Å². The number of rotatable bonds is 7. The number of benzene rings is 1. The summed E-state index contributed by atoms with van der Waals surface area (Å²) in [5.41, 5.74) is 11.8. The van der Waals surface area contributed by atoms with Gasteiger partial charge in [0, 0.05) is 12.6 Å². The lowest BCUT2D eigenvalue weighted by atomic mass is 10.2. The standard InChI is InChI=1S/C15H23N3O2/c16-13-7-3-4-8-14(13)20-10-9-18(11-15(17)19)12-5-1-2-6-12/h3-4,7-8,12H,1-2,5-6,9-11,16H2,(H2,17,19). The van der Waals surface area contributed by atoms with Crippen molar-refractivity contribution in [1.82, 2.24) is 4.90 Å². The first-order chi connectivity index (χ1) is 9.66. The molecule has 0 aromatic heterocycles. The van der Waals surface area contributed by atoms with Gasteiger partial charge in [-0.3, -0.25) is 9.69 Å².